The van der Waals surface area contributed by atoms with E-state index in [0.29, 0.717) is 0 Å². The molecule has 5 heteroatoms. The molecular formula is C10H15N5. The summed E-state index contributed by atoms with van der Waals surface area (Å²) in [6.07, 6.45) is 7.53. The van der Waals surface area contributed by atoms with Crippen LogP contribution < -0.4 is 5.32 Å². The number of nitrogens with zero attached hydrogens (tertiary/aromatic N) is 4. The normalized spacial score (nSPS) is 10.7. The highest BCUT2D eigenvalue weighted by atomic mass is 15.3. The largest absolute Gasteiger partial charge is 0.313 e. The van der Waals surface area contributed by atoms with Crippen molar-refractivity contribution in [3.63, 3.8) is 0 Å². The lowest BCUT2D eigenvalue weighted by Gasteiger charge is -2.04. The maximum atomic E-state index is 4.12. The summed E-state index contributed by atoms with van der Waals surface area (Å²) in [5, 5.41) is 11.6. The molecular weight excluding hydrogens is 190 g/mol. The molecule has 0 saturated carbocycles. The second kappa shape index (κ2) is 5.31. The van der Waals surface area contributed by atoms with Gasteiger partial charge in [0.05, 0.1) is 13.1 Å². The zero-order valence-corrected chi connectivity index (χ0v) is 8.58. The molecule has 0 bridgehead atoms. The van der Waals surface area contributed by atoms with Crippen LogP contribution in [-0.4, -0.2) is 32.7 Å². The molecule has 2 rings (SSSR count). The predicted molar refractivity (Wildman–Crippen MR) is 57.3 cm³/mol. The van der Waals surface area contributed by atoms with Gasteiger partial charge < -0.3 is 5.32 Å². The predicted octanol–water partition coefficient (Wildman–Crippen LogP) is 0.369. The minimum atomic E-state index is 0.909. The molecule has 0 aromatic carbocycles. The third-order valence-electron chi connectivity index (χ3n) is 2.15. The summed E-state index contributed by atoms with van der Waals surface area (Å²) in [5.74, 6) is 0. The van der Waals surface area contributed by atoms with Crippen LogP contribution in [0.3, 0.4) is 0 Å². The molecule has 0 spiro atoms. The highest BCUT2D eigenvalue weighted by molar-refractivity contribution is 4.78. The van der Waals surface area contributed by atoms with E-state index in [9.17, 15) is 0 Å². The number of nitrogens with one attached hydrogen (secondary N) is 1. The van der Waals surface area contributed by atoms with Crippen molar-refractivity contribution in [3.8, 4) is 0 Å². The van der Waals surface area contributed by atoms with Crippen molar-refractivity contribution in [1.82, 2.24) is 24.9 Å². The number of hydrogen-bond acceptors (Lipinski definition) is 3. The first-order chi connectivity index (χ1) is 7.45. The monoisotopic (exact) mass is 205 g/mol. The van der Waals surface area contributed by atoms with Crippen molar-refractivity contribution in [2.75, 3.05) is 13.1 Å². The Bertz CT molecular complexity index is 315. The first-order valence-electron chi connectivity index (χ1n) is 5.11. The van der Waals surface area contributed by atoms with Crippen LogP contribution in [0.25, 0.3) is 0 Å². The zero-order chi connectivity index (χ0) is 10.3. The van der Waals surface area contributed by atoms with E-state index in [1.807, 2.05) is 33.9 Å². The lowest BCUT2D eigenvalue weighted by atomic mass is 10.5. The van der Waals surface area contributed by atoms with Gasteiger partial charge in [-0.15, -0.1) is 0 Å². The van der Waals surface area contributed by atoms with Crippen LogP contribution in [0.2, 0.25) is 0 Å². The van der Waals surface area contributed by atoms with Gasteiger partial charge in [0, 0.05) is 37.9 Å². The van der Waals surface area contributed by atoms with Crippen molar-refractivity contribution >= 4 is 0 Å². The zero-order valence-electron chi connectivity index (χ0n) is 8.58. The molecule has 5 nitrogen and oxygen atoms in total. The summed E-state index contributed by atoms with van der Waals surface area (Å²) >= 11 is 0. The van der Waals surface area contributed by atoms with Crippen LogP contribution in [0.5, 0.6) is 0 Å². The highest BCUT2D eigenvalue weighted by Crippen LogP contribution is 1.84. The summed E-state index contributed by atoms with van der Waals surface area (Å²) in [7, 11) is 0. The fourth-order valence-corrected chi connectivity index (χ4v) is 1.38. The Morgan fingerprint density at radius 1 is 0.867 bits per heavy atom. The van der Waals surface area contributed by atoms with Gasteiger partial charge in [-0.2, -0.15) is 10.2 Å². The molecule has 2 aromatic heterocycles. The fraction of sp³-hybridized carbons (Fsp3) is 0.400. The van der Waals surface area contributed by atoms with Gasteiger partial charge in [-0.3, -0.25) is 9.36 Å². The van der Waals surface area contributed by atoms with Crippen LogP contribution in [0, 0.1) is 0 Å². The Balaban J connectivity index is 1.56. The van der Waals surface area contributed by atoms with E-state index in [2.05, 4.69) is 15.5 Å². The van der Waals surface area contributed by atoms with Gasteiger partial charge in [-0.05, 0) is 12.1 Å². The maximum absolute atomic E-state index is 4.12. The molecule has 0 fully saturated rings. The molecule has 0 saturated heterocycles. The molecule has 1 N–H and O–H groups in total. The molecule has 2 heterocycles. The third-order valence-corrected chi connectivity index (χ3v) is 2.15. The molecule has 2 aromatic rings. The van der Waals surface area contributed by atoms with E-state index in [4.69, 9.17) is 0 Å². The number of aromatic nitrogens is 4. The molecule has 0 aliphatic rings. The van der Waals surface area contributed by atoms with Gasteiger partial charge in [0.2, 0.25) is 0 Å². The van der Waals surface area contributed by atoms with Crippen LogP contribution in [0.15, 0.2) is 36.9 Å². The van der Waals surface area contributed by atoms with Crippen LogP contribution in [0.4, 0.5) is 0 Å². The van der Waals surface area contributed by atoms with Crippen molar-refractivity contribution in [2.45, 2.75) is 13.1 Å². The van der Waals surface area contributed by atoms with Gasteiger partial charge in [0.15, 0.2) is 0 Å². The van der Waals surface area contributed by atoms with Crippen LogP contribution in [-0.2, 0) is 13.1 Å². The summed E-state index contributed by atoms with van der Waals surface area (Å²) in [5.41, 5.74) is 0. The Morgan fingerprint density at radius 2 is 1.40 bits per heavy atom. The van der Waals surface area contributed by atoms with Gasteiger partial charge in [-0.1, -0.05) is 0 Å². The second-order valence-corrected chi connectivity index (χ2v) is 3.29. The Labute approximate surface area is 88.7 Å². The first kappa shape index (κ1) is 9.92. The molecule has 0 aliphatic heterocycles. The quantitative estimate of drug-likeness (QED) is 0.693. The molecule has 0 aliphatic carbocycles. The van der Waals surface area contributed by atoms with Gasteiger partial charge >= 0.3 is 0 Å². The minimum absolute atomic E-state index is 0.909. The molecule has 0 amide bonds. The van der Waals surface area contributed by atoms with Crippen molar-refractivity contribution < 1.29 is 0 Å². The van der Waals surface area contributed by atoms with Crippen molar-refractivity contribution in [2.24, 2.45) is 0 Å². The Hall–Kier alpha value is -1.62. The smallest absolute Gasteiger partial charge is 0.0533 e. The van der Waals surface area contributed by atoms with Crippen LogP contribution in [0.1, 0.15) is 0 Å². The molecule has 80 valence electrons. The van der Waals surface area contributed by atoms with Crippen molar-refractivity contribution in [1.29, 1.82) is 0 Å². The topological polar surface area (TPSA) is 47.7 Å². The van der Waals surface area contributed by atoms with Crippen molar-refractivity contribution in [3.05, 3.63) is 36.9 Å². The van der Waals surface area contributed by atoms with E-state index in [1.165, 1.54) is 0 Å². The lowest BCUT2D eigenvalue weighted by Crippen LogP contribution is -2.24. The molecule has 0 atom stereocenters. The average Bonchev–Trinajstić information content (AvgIpc) is 2.88. The van der Waals surface area contributed by atoms with Gasteiger partial charge in [0.25, 0.3) is 0 Å². The Morgan fingerprint density at radius 3 is 1.80 bits per heavy atom. The third kappa shape index (κ3) is 3.21. The minimum Gasteiger partial charge on any atom is -0.313 e. The summed E-state index contributed by atoms with van der Waals surface area (Å²) in [6.45, 7) is 3.68. The van der Waals surface area contributed by atoms with E-state index >= 15 is 0 Å². The van der Waals surface area contributed by atoms with Gasteiger partial charge in [0.1, 0.15) is 0 Å². The first-order valence-corrected chi connectivity index (χ1v) is 5.11. The molecule has 0 radical (unpaired) electrons. The average molecular weight is 205 g/mol. The van der Waals surface area contributed by atoms with E-state index < -0.39 is 0 Å². The lowest BCUT2D eigenvalue weighted by molar-refractivity contribution is 0.514. The van der Waals surface area contributed by atoms with E-state index in [1.54, 1.807) is 12.4 Å². The fourth-order valence-electron chi connectivity index (χ4n) is 1.38. The Kier molecular flexibility index (Phi) is 3.51. The van der Waals surface area contributed by atoms with E-state index in [0.717, 1.165) is 26.2 Å². The standard InChI is InChI=1S/C10H15N5/c1-3-12-14(7-1)9-5-11-6-10-15-8-2-4-13-15/h1-4,7-8,11H,5-6,9-10H2. The SMILES string of the molecule is c1cnn(CCNCCn2cccn2)c1. The van der Waals surface area contributed by atoms with Gasteiger partial charge in [-0.25, -0.2) is 0 Å². The summed E-state index contributed by atoms with van der Waals surface area (Å²) in [4.78, 5) is 0. The maximum Gasteiger partial charge on any atom is 0.0533 e. The molecule has 0 unspecified atom stereocenters. The summed E-state index contributed by atoms with van der Waals surface area (Å²) < 4.78 is 3.84. The highest BCUT2D eigenvalue weighted by Gasteiger charge is 1.91. The molecule has 15 heavy (non-hydrogen) atoms. The summed E-state index contributed by atoms with van der Waals surface area (Å²) in [6, 6.07) is 3.87. The van der Waals surface area contributed by atoms with Crippen LogP contribution >= 0.6 is 0 Å². The van der Waals surface area contributed by atoms with E-state index in [-0.39, 0.29) is 0 Å². The number of rotatable bonds is 6. The second-order valence-electron chi connectivity index (χ2n) is 3.29. The number of hydrogen-bond donors (Lipinski definition) is 1.